The van der Waals surface area contributed by atoms with E-state index in [0.717, 1.165) is 0 Å². The molecule has 0 aliphatic rings. The zero-order chi connectivity index (χ0) is 12.4. The fourth-order valence-corrected chi connectivity index (χ4v) is 2.24. The number of imidazole rings is 1. The molecule has 0 amide bonds. The maximum absolute atomic E-state index is 12.6. The van der Waals surface area contributed by atoms with Gasteiger partial charge in [0.25, 0.3) is 6.43 Å². The predicted molar refractivity (Wildman–Crippen MR) is 65.2 cm³/mol. The molecule has 92 valence electrons. The molecule has 0 bridgehead atoms. The first-order valence-electron chi connectivity index (χ1n) is 5.11. The molecule has 0 aliphatic heterocycles. The van der Waals surface area contributed by atoms with Crippen molar-refractivity contribution >= 4 is 34.2 Å². The molecule has 6 heteroatoms. The van der Waals surface area contributed by atoms with Crippen LogP contribution in [0.3, 0.4) is 0 Å². The Morgan fingerprint density at radius 3 is 2.76 bits per heavy atom. The van der Waals surface area contributed by atoms with E-state index >= 15 is 0 Å². The van der Waals surface area contributed by atoms with Crippen LogP contribution in [0.5, 0.6) is 0 Å². The minimum atomic E-state index is -2.45. The molecule has 2 nitrogen and oxygen atoms in total. The summed E-state index contributed by atoms with van der Waals surface area (Å²) in [4.78, 5) is 4.28. The Balaban J connectivity index is 2.60. The lowest BCUT2D eigenvalue weighted by Crippen LogP contribution is -2.11. The zero-order valence-corrected chi connectivity index (χ0v) is 10.3. The lowest BCUT2D eigenvalue weighted by Gasteiger charge is -2.08. The van der Waals surface area contributed by atoms with Crippen LogP contribution in [0.25, 0.3) is 11.0 Å². The van der Waals surface area contributed by atoms with Crippen LogP contribution in [-0.4, -0.2) is 21.9 Å². The van der Waals surface area contributed by atoms with Gasteiger partial charge in [0.2, 0.25) is 0 Å². The second kappa shape index (κ2) is 5.19. The van der Waals surface area contributed by atoms with E-state index in [0.29, 0.717) is 34.2 Å². The van der Waals surface area contributed by atoms with E-state index in [-0.39, 0.29) is 0 Å². The van der Waals surface area contributed by atoms with Gasteiger partial charge in [0, 0.05) is 12.3 Å². The van der Waals surface area contributed by atoms with Crippen LogP contribution in [0.1, 0.15) is 5.82 Å². The predicted octanol–water partition coefficient (Wildman–Crippen LogP) is 3.74. The van der Waals surface area contributed by atoms with Crippen LogP contribution < -0.4 is 0 Å². The van der Waals surface area contributed by atoms with Crippen molar-refractivity contribution in [3.63, 3.8) is 0 Å². The van der Waals surface area contributed by atoms with Crippen LogP contribution in [-0.2, 0) is 13.0 Å². The van der Waals surface area contributed by atoms with E-state index in [2.05, 4.69) is 4.98 Å². The number of hydrogen-bond donors (Lipinski definition) is 0. The van der Waals surface area contributed by atoms with Gasteiger partial charge in [-0.25, -0.2) is 13.8 Å². The number of rotatable bonds is 4. The number of nitrogens with zero attached hydrogens (tertiary/aromatic N) is 2. The maximum atomic E-state index is 12.6. The van der Waals surface area contributed by atoms with E-state index in [1.807, 2.05) is 0 Å². The molecular weight excluding hydrogens is 269 g/mol. The van der Waals surface area contributed by atoms with Gasteiger partial charge in [-0.05, 0) is 12.1 Å². The number of hydrogen-bond acceptors (Lipinski definition) is 1. The molecule has 0 unspecified atom stereocenters. The van der Waals surface area contributed by atoms with Gasteiger partial charge in [-0.15, -0.1) is 11.6 Å². The Morgan fingerprint density at radius 2 is 2.12 bits per heavy atom. The monoisotopic (exact) mass is 278 g/mol. The molecule has 0 spiro atoms. The van der Waals surface area contributed by atoms with Crippen molar-refractivity contribution in [1.29, 1.82) is 0 Å². The molecule has 0 saturated carbocycles. The Kier molecular flexibility index (Phi) is 3.84. The summed E-state index contributed by atoms with van der Waals surface area (Å²) in [5, 5.41) is 0.427. The molecule has 2 aromatic rings. The van der Waals surface area contributed by atoms with Crippen LogP contribution in [0.15, 0.2) is 18.2 Å². The van der Waals surface area contributed by atoms with E-state index < -0.39 is 13.0 Å². The third-order valence-corrected chi connectivity index (χ3v) is 2.93. The molecule has 0 atom stereocenters. The summed E-state index contributed by atoms with van der Waals surface area (Å²) < 4.78 is 26.6. The molecule has 0 fully saturated rings. The largest absolute Gasteiger partial charge is 0.321 e. The molecule has 1 heterocycles. The minimum absolute atomic E-state index is 0.337. The Hall–Kier alpha value is -0.870. The fourth-order valence-electron chi connectivity index (χ4n) is 1.80. The number of aryl methyl sites for hydroxylation is 1. The van der Waals surface area contributed by atoms with Gasteiger partial charge in [0.1, 0.15) is 5.82 Å². The molecule has 1 aromatic heterocycles. The van der Waals surface area contributed by atoms with Gasteiger partial charge in [0.15, 0.2) is 0 Å². The highest BCUT2D eigenvalue weighted by atomic mass is 35.5. The number of alkyl halides is 3. The molecule has 1 aromatic carbocycles. The van der Waals surface area contributed by atoms with Gasteiger partial charge in [-0.1, -0.05) is 17.7 Å². The summed E-state index contributed by atoms with van der Waals surface area (Å²) >= 11 is 11.7. The second-order valence-electron chi connectivity index (χ2n) is 3.58. The van der Waals surface area contributed by atoms with E-state index in [1.165, 1.54) is 4.57 Å². The first-order chi connectivity index (χ1) is 8.13. The van der Waals surface area contributed by atoms with Crippen LogP contribution in [0, 0.1) is 0 Å². The Bertz CT molecular complexity index is 525. The summed E-state index contributed by atoms with van der Waals surface area (Å²) in [5.74, 6) is 0.882. The number of halogens is 4. The molecule has 0 saturated heterocycles. The molecular formula is C11H10Cl2F2N2. The lowest BCUT2D eigenvalue weighted by atomic mass is 10.3. The topological polar surface area (TPSA) is 17.8 Å². The van der Waals surface area contributed by atoms with Gasteiger partial charge in [-0.2, -0.15) is 0 Å². The molecule has 2 rings (SSSR count). The Morgan fingerprint density at radius 1 is 1.35 bits per heavy atom. The van der Waals surface area contributed by atoms with Crippen molar-refractivity contribution in [1.82, 2.24) is 9.55 Å². The Labute approximate surface area is 107 Å². The van der Waals surface area contributed by atoms with Gasteiger partial charge < -0.3 is 4.57 Å². The smallest absolute Gasteiger partial charge is 0.256 e. The number of fused-ring (bicyclic) bond motifs is 1. The quantitative estimate of drug-likeness (QED) is 0.780. The normalized spacial score (nSPS) is 11.6. The van der Waals surface area contributed by atoms with Crippen LogP contribution >= 0.6 is 23.2 Å². The SMILES string of the molecule is FC(F)Cn1c(CCCl)nc2cccc(Cl)c21. The van der Waals surface area contributed by atoms with E-state index in [1.54, 1.807) is 18.2 Å². The van der Waals surface area contributed by atoms with Crippen molar-refractivity contribution in [3.05, 3.63) is 29.0 Å². The van der Waals surface area contributed by atoms with E-state index in [4.69, 9.17) is 23.2 Å². The average Bonchev–Trinajstić information content (AvgIpc) is 2.58. The third-order valence-electron chi connectivity index (χ3n) is 2.44. The summed E-state index contributed by atoms with van der Waals surface area (Å²) in [5.41, 5.74) is 1.17. The third kappa shape index (κ3) is 2.53. The van der Waals surface area contributed by atoms with Gasteiger partial charge >= 0.3 is 0 Å². The minimum Gasteiger partial charge on any atom is -0.321 e. The van der Waals surface area contributed by atoms with E-state index in [9.17, 15) is 8.78 Å². The molecule has 0 N–H and O–H groups in total. The highest BCUT2D eigenvalue weighted by Crippen LogP contribution is 2.25. The summed E-state index contributed by atoms with van der Waals surface area (Å²) in [6.45, 7) is -0.410. The molecule has 0 aliphatic carbocycles. The highest BCUT2D eigenvalue weighted by Gasteiger charge is 2.16. The number of benzene rings is 1. The lowest BCUT2D eigenvalue weighted by molar-refractivity contribution is 0.127. The summed E-state index contributed by atoms with van der Waals surface area (Å²) in [7, 11) is 0. The molecule has 0 radical (unpaired) electrons. The second-order valence-corrected chi connectivity index (χ2v) is 4.36. The van der Waals surface area contributed by atoms with Gasteiger partial charge in [-0.3, -0.25) is 0 Å². The molecule has 17 heavy (non-hydrogen) atoms. The first kappa shape index (κ1) is 12.6. The average molecular weight is 279 g/mol. The van der Waals surface area contributed by atoms with Crippen molar-refractivity contribution < 1.29 is 8.78 Å². The first-order valence-corrected chi connectivity index (χ1v) is 6.02. The van der Waals surface area contributed by atoms with Crippen LogP contribution in [0.2, 0.25) is 5.02 Å². The zero-order valence-electron chi connectivity index (χ0n) is 8.84. The standard InChI is InChI=1S/C11H10Cl2F2N2/c12-5-4-10-16-8-3-1-2-7(13)11(8)17(10)6-9(14)15/h1-3,9H,4-6H2. The number of para-hydroxylation sites is 1. The van der Waals surface area contributed by atoms with Crippen molar-refractivity contribution in [3.8, 4) is 0 Å². The van der Waals surface area contributed by atoms with Crippen molar-refractivity contribution in [2.45, 2.75) is 19.4 Å². The summed E-state index contributed by atoms with van der Waals surface area (Å²) in [6, 6.07) is 5.16. The highest BCUT2D eigenvalue weighted by molar-refractivity contribution is 6.35. The summed E-state index contributed by atoms with van der Waals surface area (Å²) in [6.07, 6.45) is -2.00. The van der Waals surface area contributed by atoms with Crippen molar-refractivity contribution in [2.75, 3.05) is 5.88 Å². The maximum Gasteiger partial charge on any atom is 0.256 e. The number of aromatic nitrogens is 2. The van der Waals surface area contributed by atoms with Gasteiger partial charge in [0.05, 0.1) is 22.6 Å². The van der Waals surface area contributed by atoms with Crippen LogP contribution in [0.4, 0.5) is 8.78 Å². The fraction of sp³-hybridized carbons (Fsp3) is 0.364. The van der Waals surface area contributed by atoms with Crippen molar-refractivity contribution in [2.24, 2.45) is 0 Å².